The van der Waals surface area contributed by atoms with Crippen LogP contribution in [-0.4, -0.2) is 31.3 Å². The third-order valence-electron chi connectivity index (χ3n) is 3.47. The molecule has 1 aromatic rings. The van der Waals surface area contributed by atoms with Crippen LogP contribution in [0.5, 0.6) is 0 Å². The van der Waals surface area contributed by atoms with Crippen molar-refractivity contribution in [2.75, 3.05) is 30.8 Å². The highest BCUT2D eigenvalue weighted by atomic mass is 19.1. The van der Waals surface area contributed by atoms with Crippen LogP contribution in [0.1, 0.15) is 32.1 Å². The van der Waals surface area contributed by atoms with Crippen LogP contribution < -0.4 is 10.6 Å². The largest absolute Gasteiger partial charge is 0.376 e. The number of anilines is 2. The Kier molecular flexibility index (Phi) is 5.52. The lowest BCUT2D eigenvalue weighted by Crippen LogP contribution is -2.21. The molecule has 6 heteroatoms. The third kappa shape index (κ3) is 4.03. The molecule has 0 bridgehead atoms. The molecule has 4 nitrogen and oxygen atoms in total. The Morgan fingerprint density at radius 3 is 2.60 bits per heavy atom. The zero-order valence-corrected chi connectivity index (χ0v) is 11.7. The Balaban J connectivity index is 1.78. The van der Waals surface area contributed by atoms with E-state index in [2.05, 4.69) is 15.6 Å². The van der Waals surface area contributed by atoms with E-state index in [1.807, 2.05) is 0 Å². The van der Waals surface area contributed by atoms with Crippen molar-refractivity contribution in [3.05, 3.63) is 17.7 Å². The Morgan fingerprint density at radius 2 is 1.90 bits per heavy atom. The summed E-state index contributed by atoms with van der Waals surface area (Å²) in [5.74, 6) is -1.32. The molecule has 0 aliphatic heterocycles. The smallest absolute Gasteiger partial charge is 0.168 e. The summed E-state index contributed by atoms with van der Waals surface area (Å²) in [4.78, 5) is 3.85. The Morgan fingerprint density at radius 1 is 1.20 bits per heavy atom. The van der Waals surface area contributed by atoms with E-state index >= 15 is 0 Å². The quantitative estimate of drug-likeness (QED) is 0.788. The molecule has 1 aliphatic rings. The maximum Gasteiger partial charge on any atom is 0.168 e. The molecule has 1 aromatic heterocycles. The van der Waals surface area contributed by atoms with Crippen molar-refractivity contribution in [1.29, 1.82) is 0 Å². The van der Waals surface area contributed by atoms with E-state index in [0.29, 0.717) is 19.3 Å². The van der Waals surface area contributed by atoms with Crippen molar-refractivity contribution in [1.82, 2.24) is 4.98 Å². The fourth-order valence-electron chi connectivity index (χ4n) is 2.39. The van der Waals surface area contributed by atoms with Gasteiger partial charge in [-0.25, -0.2) is 13.8 Å². The SMILES string of the molecule is CNc1nc(NCCOC2CCCCC2)c(F)cc1F. The van der Waals surface area contributed by atoms with E-state index in [0.717, 1.165) is 18.9 Å². The van der Waals surface area contributed by atoms with E-state index in [9.17, 15) is 8.78 Å². The zero-order valence-electron chi connectivity index (χ0n) is 11.7. The standard InChI is InChI=1S/C14H21F2N3O/c1-17-13-11(15)9-12(16)14(19-13)18-7-8-20-10-5-3-2-4-6-10/h9-10H,2-8H2,1H3,(H2,17,18,19). The van der Waals surface area contributed by atoms with Gasteiger partial charge in [-0.05, 0) is 12.8 Å². The van der Waals surface area contributed by atoms with E-state index < -0.39 is 11.6 Å². The molecule has 0 aromatic carbocycles. The molecular weight excluding hydrogens is 264 g/mol. The monoisotopic (exact) mass is 285 g/mol. The van der Waals surface area contributed by atoms with Crippen LogP contribution in [0.3, 0.4) is 0 Å². The lowest BCUT2D eigenvalue weighted by molar-refractivity contribution is 0.0347. The molecule has 0 atom stereocenters. The van der Waals surface area contributed by atoms with Crippen molar-refractivity contribution in [3.63, 3.8) is 0 Å². The second-order valence-corrected chi connectivity index (χ2v) is 4.96. The lowest BCUT2D eigenvalue weighted by atomic mass is 9.98. The molecular formula is C14H21F2N3O. The highest BCUT2D eigenvalue weighted by Crippen LogP contribution is 2.20. The number of nitrogens with one attached hydrogen (secondary N) is 2. The summed E-state index contributed by atoms with van der Waals surface area (Å²) in [5.41, 5.74) is 0. The van der Waals surface area contributed by atoms with Gasteiger partial charge in [-0.2, -0.15) is 0 Å². The van der Waals surface area contributed by atoms with Crippen LogP contribution in [0.4, 0.5) is 20.4 Å². The molecule has 0 radical (unpaired) electrons. The number of pyridine rings is 1. The lowest BCUT2D eigenvalue weighted by Gasteiger charge is -2.22. The van der Waals surface area contributed by atoms with Gasteiger partial charge in [-0.3, -0.25) is 0 Å². The molecule has 1 aliphatic carbocycles. The van der Waals surface area contributed by atoms with Crippen LogP contribution in [0.25, 0.3) is 0 Å². The number of nitrogens with zero attached hydrogens (tertiary/aromatic N) is 1. The number of halogens is 2. The molecule has 2 N–H and O–H groups in total. The van der Waals surface area contributed by atoms with Crippen molar-refractivity contribution < 1.29 is 13.5 Å². The zero-order chi connectivity index (χ0) is 14.4. The summed E-state index contributed by atoms with van der Waals surface area (Å²) in [6.45, 7) is 0.952. The van der Waals surface area contributed by atoms with Crippen LogP contribution in [0.2, 0.25) is 0 Å². The first kappa shape index (κ1) is 15.0. The average Bonchev–Trinajstić information content (AvgIpc) is 2.46. The summed E-state index contributed by atoms with van der Waals surface area (Å²) in [6.07, 6.45) is 6.26. The summed E-state index contributed by atoms with van der Waals surface area (Å²) in [6, 6.07) is 0.823. The predicted molar refractivity (Wildman–Crippen MR) is 75.0 cm³/mol. The second kappa shape index (κ2) is 7.38. The molecule has 0 saturated heterocycles. The van der Waals surface area contributed by atoms with Gasteiger partial charge in [0.15, 0.2) is 23.3 Å². The minimum atomic E-state index is -0.700. The van der Waals surface area contributed by atoms with Crippen LogP contribution in [-0.2, 0) is 4.74 Å². The van der Waals surface area contributed by atoms with E-state index in [4.69, 9.17) is 4.74 Å². The normalized spacial score (nSPS) is 16.1. The second-order valence-electron chi connectivity index (χ2n) is 4.96. The topological polar surface area (TPSA) is 46.2 Å². The molecule has 1 fully saturated rings. The number of rotatable bonds is 6. The van der Waals surface area contributed by atoms with E-state index in [1.54, 1.807) is 7.05 Å². The van der Waals surface area contributed by atoms with Gasteiger partial charge in [0.1, 0.15) is 0 Å². The molecule has 112 valence electrons. The molecule has 1 heterocycles. The summed E-state index contributed by atoms with van der Waals surface area (Å²) in [5, 5.41) is 5.42. The van der Waals surface area contributed by atoms with Crippen LogP contribution in [0, 0.1) is 11.6 Å². The minimum absolute atomic E-state index is 0.0297. The molecule has 0 spiro atoms. The molecule has 0 unspecified atom stereocenters. The first-order valence-corrected chi connectivity index (χ1v) is 7.10. The molecule has 2 rings (SSSR count). The molecule has 1 saturated carbocycles. The fraction of sp³-hybridized carbons (Fsp3) is 0.643. The van der Waals surface area contributed by atoms with Gasteiger partial charge in [-0.15, -0.1) is 0 Å². The van der Waals surface area contributed by atoms with Gasteiger partial charge in [0.25, 0.3) is 0 Å². The number of hydrogen-bond donors (Lipinski definition) is 2. The van der Waals surface area contributed by atoms with E-state index in [1.165, 1.54) is 19.3 Å². The highest BCUT2D eigenvalue weighted by Gasteiger charge is 2.14. The third-order valence-corrected chi connectivity index (χ3v) is 3.47. The summed E-state index contributed by atoms with van der Waals surface area (Å²) in [7, 11) is 1.54. The van der Waals surface area contributed by atoms with Gasteiger partial charge in [0, 0.05) is 19.7 Å². The number of hydrogen-bond acceptors (Lipinski definition) is 4. The van der Waals surface area contributed by atoms with E-state index in [-0.39, 0.29) is 11.6 Å². The Hall–Kier alpha value is -1.43. The summed E-state index contributed by atoms with van der Waals surface area (Å²) < 4.78 is 32.5. The van der Waals surface area contributed by atoms with Crippen molar-refractivity contribution in [2.45, 2.75) is 38.2 Å². The number of aromatic nitrogens is 1. The van der Waals surface area contributed by atoms with Crippen molar-refractivity contribution in [3.8, 4) is 0 Å². The van der Waals surface area contributed by atoms with Gasteiger partial charge in [-0.1, -0.05) is 19.3 Å². The predicted octanol–water partition coefficient (Wildman–Crippen LogP) is 3.16. The maximum atomic E-state index is 13.5. The Bertz CT molecular complexity index is 437. The van der Waals surface area contributed by atoms with Gasteiger partial charge in [0.05, 0.1) is 12.7 Å². The van der Waals surface area contributed by atoms with Gasteiger partial charge >= 0.3 is 0 Å². The highest BCUT2D eigenvalue weighted by molar-refractivity contribution is 5.47. The van der Waals surface area contributed by atoms with Crippen LogP contribution >= 0.6 is 0 Å². The Labute approximate surface area is 117 Å². The maximum absolute atomic E-state index is 13.5. The first-order chi connectivity index (χ1) is 9.70. The van der Waals surface area contributed by atoms with Gasteiger partial charge < -0.3 is 15.4 Å². The van der Waals surface area contributed by atoms with Crippen molar-refractivity contribution >= 4 is 11.6 Å². The van der Waals surface area contributed by atoms with Gasteiger partial charge in [0.2, 0.25) is 0 Å². The van der Waals surface area contributed by atoms with Crippen molar-refractivity contribution in [2.24, 2.45) is 0 Å². The molecule has 0 amide bonds. The average molecular weight is 285 g/mol. The molecule has 20 heavy (non-hydrogen) atoms. The minimum Gasteiger partial charge on any atom is -0.376 e. The summed E-state index contributed by atoms with van der Waals surface area (Å²) >= 11 is 0. The number of ether oxygens (including phenoxy) is 1. The first-order valence-electron chi connectivity index (χ1n) is 7.10. The van der Waals surface area contributed by atoms with Crippen LogP contribution in [0.15, 0.2) is 6.07 Å². The fourth-order valence-corrected chi connectivity index (χ4v) is 2.39.